The molecule has 0 spiro atoms. The minimum absolute atomic E-state index is 0.105. The average Bonchev–Trinajstić information content (AvgIpc) is 2.72. The molecule has 2 aromatic carbocycles. The molecule has 2 aromatic rings. The quantitative estimate of drug-likeness (QED) is 0.712. The van der Waals surface area contributed by atoms with Crippen LogP contribution in [0.4, 0.5) is 11.4 Å². The molecule has 7 nitrogen and oxygen atoms in total. The monoisotopic (exact) mass is 445 g/mol. The van der Waals surface area contributed by atoms with Gasteiger partial charge in [0.2, 0.25) is 5.91 Å². The molecule has 0 bridgehead atoms. The standard InChI is InChI=1S/C23H31N3O4S/c1-15-16(2)18(4)23(19(5)17(15)3)31(28,29)25-21-8-6-20(7-9-21)24-22(27)14-26-10-12-30-13-11-26/h6-9,25H,10-14H2,1-5H3,(H,24,27). The number of nitrogens with zero attached hydrogens (tertiary/aromatic N) is 1. The summed E-state index contributed by atoms with van der Waals surface area (Å²) in [6, 6.07) is 6.70. The van der Waals surface area contributed by atoms with E-state index in [9.17, 15) is 13.2 Å². The molecule has 168 valence electrons. The molecule has 0 atom stereocenters. The second-order valence-electron chi connectivity index (χ2n) is 8.07. The van der Waals surface area contributed by atoms with Gasteiger partial charge in [-0.05, 0) is 86.7 Å². The van der Waals surface area contributed by atoms with Crippen LogP contribution in [0.15, 0.2) is 29.2 Å². The molecule has 1 aliphatic rings. The first-order valence-corrected chi connectivity index (χ1v) is 11.9. The van der Waals surface area contributed by atoms with Crippen LogP contribution in [0.1, 0.15) is 27.8 Å². The van der Waals surface area contributed by atoms with Crippen LogP contribution in [0.25, 0.3) is 0 Å². The van der Waals surface area contributed by atoms with E-state index >= 15 is 0 Å². The number of sulfonamides is 1. The first-order valence-electron chi connectivity index (χ1n) is 10.4. The topological polar surface area (TPSA) is 87.7 Å². The smallest absolute Gasteiger partial charge is 0.262 e. The van der Waals surface area contributed by atoms with Gasteiger partial charge in [-0.1, -0.05) is 0 Å². The number of anilines is 2. The molecule has 0 unspecified atom stereocenters. The number of hydrogen-bond acceptors (Lipinski definition) is 5. The largest absolute Gasteiger partial charge is 0.379 e. The molecule has 1 heterocycles. The van der Waals surface area contributed by atoms with Crippen molar-refractivity contribution in [2.24, 2.45) is 0 Å². The number of benzene rings is 2. The maximum Gasteiger partial charge on any atom is 0.262 e. The highest BCUT2D eigenvalue weighted by molar-refractivity contribution is 7.92. The molecule has 31 heavy (non-hydrogen) atoms. The summed E-state index contributed by atoms with van der Waals surface area (Å²) in [4.78, 5) is 14.6. The Bertz CT molecular complexity index is 1040. The first-order chi connectivity index (χ1) is 14.6. The van der Waals surface area contributed by atoms with Crippen molar-refractivity contribution in [3.63, 3.8) is 0 Å². The van der Waals surface area contributed by atoms with Gasteiger partial charge in [-0.3, -0.25) is 14.4 Å². The molecule has 1 saturated heterocycles. The zero-order valence-corrected chi connectivity index (χ0v) is 19.6. The molecule has 1 fully saturated rings. The van der Waals surface area contributed by atoms with E-state index in [2.05, 4.69) is 10.0 Å². The van der Waals surface area contributed by atoms with Gasteiger partial charge in [-0.15, -0.1) is 0 Å². The predicted molar refractivity (Wildman–Crippen MR) is 123 cm³/mol. The summed E-state index contributed by atoms with van der Waals surface area (Å²) >= 11 is 0. The van der Waals surface area contributed by atoms with Crippen molar-refractivity contribution in [2.75, 3.05) is 42.9 Å². The van der Waals surface area contributed by atoms with Crippen LogP contribution in [-0.4, -0.2) is 52.1 Å². The SMILES string of the molecule is Cc1c(C)c(C)c(S(=O)(=O)Nc2ccc(NC(=O)CN3CCOCC3)cc2)c(C)c1C. The van der Waals surface area contributed by atoms with Crippen LogP contribution < -0.4 is 10.0 Å². The fourth-order valence-electron chi connectivity index (χ4n) is 3.86. The third kappa shape index (κ3) is 5.26. The number of ether oxygens (including phenoxy) is 1. The van der Waals surface area contributed by atoms with Gasteiger partial charge in [0, 0.05) is 24.5 Å². The van der Waals surface area contributed by atoms with E-state index in [4.69, 9.17) is 4.74 Å². The summed E-state index contributed by atoms with van der Waals surface area (Å²) in [5, 5.41) is 2.85. The molecular weight excluding hydrogens is 414 g/mol. The number of carbonyl (C=O) groups excluding carboxylic acids is 1. The Balaban J connectivity index is 1.71. The van der Waals surface area contributed by atoms with Gasteiger partial charge in [0.25, 0.3) is 10.0 Å². The lowest BCUT2D eigenvalue weighted by atomic mass is 9.95. The fourth-order valence-corrected chi connectivity index (χ4v) is 5.52. The maximum absolute atomic E-state index is 13.1. The van der Waals surface area contributed by atoms with E-state index in [0.717, 1.165) is 40.9 Å². The van der Waals surface area contributed by atoms with Gasteiger partial charge in [0.1, 0.15) is 0 Å². The van der Waals surface area contributed by atoms with Gasteiger partial charge < -0.3 is 10.1 Å². The second-order valence-corrected chi connectivity index (χ2v) is 9.69. The van der Waals surface area contributed by atoms with Crippen LogP contribution in [0.2, 0.25) is 0 Å². The van der Waals surface area contributed by atoms with Crippen LogP contribution in [0, 0.1) is 34.6 Å². The van der Waals surface area contributed by atoms with Gasteiger partial charge in [0.05, 0.1) is 24.7 Å². The number of hydrogen-bond donors (Lipinski definition) is 2. The van der Waals surface area contributed by atoms with Crippen molar-refractivity contribution in [1.82, 2.24) is 4.90 Å². The lowest BCUT2D eigenvalue weighted by Gasteiger charge is -2.25. The Kier molecular flexibility index (Phi) is 7.03. The summed E-state index contributed by atoms with van der Waals surface area (Å²) in [6.07, 6.45) is 0. The Morgan fingerprint density at radius 1 is 0.871 bits per heavy atom. The van der Waals surface area contributed by atoms with E-state index in [0.29, 0.717) is 36.0 Å². The van der Waals surface area contributed by atoms with E-state index < -0.39 is 10.0 Å². The van der Waals surface area contributed by atoms with Gasteiger partial charge >= 0.3 is 0 Å². The van der Waals surface area contributed by atoms with E-state index in [-0.39, 0.29) is 5.91 Å². The Hall–Kier alpha value is -2.42. The Morgan fingerprint density at radius 3 is 1.90 bits per heavy atom. The maximum atomic E-state index is 13.1. The molecule has 0 aromatic heterocycles. The molecule has 0 aliphatic carbocycles. The molecular formula is C23H31N3O4S. The zero-order valence-electron chi connectivity index (χ0n) is 18.8. The number of rotatable bonds is 6. The zero-order chi connectivity index (χ0) is 22.8. The molecule has 0 radical (unpaired) electrons. The van der Waals surface area contributed by atoms with Crippen LogP contribution >= 0.6 is 0 Å². The van der Waals surface area contributed by atoms with Gasteiger partial charge in [-0.2, -0.15) is 0 Å². The van der Waals surface area contributed by atoms with Gasteiger partial charge in [0.15, 0.2) is 0 Å². The highest BCUT2D eigenvalue weighted by Gasteiger charge is 2.24. The van der Waals surface area contributed by atoms with E-state index in [1.54, 1.807) is 24.3 Å². The number of morpholine rings is 1. The van der Waals surface area contributed by atoms with Crippen molar-refractivity contribution in [3.05, 3.63) is 52.1 Å². The summed E-state index contributed by atoms with van der Waals surface area (Å²) in [5.74, 6) is -0.105. The van der Waals surface area contributed by atoms with Crippen molar-refractivity contribution in [3.8, 4) is 0 Å². The average molecular weight is 446 g/mol. The third-order valence-corrected chi connectivity index (χ3v) is 7.75. The predicted octanol–water partition coefficient (Wildman–Crippen LogP) is 3.30. The van der Waals surface area contributed by atoms with Crippen molar-refractivity contribution < 1.29 is 17.9 Å². The van der Waals surface area contributed by atoms with E-state index in [1.807, 2.05) is 39.5 Å². The highest BCUT2D eigenvalue weighted by Crippen LogP contribution is 2.31. The first kappa shape index (κ1) is 23.2. The summed E-state index contributed by atoms with van der Waals surface area (Å²) in [5.41, 5.74) is 5.69. The van der Waals surface area contributed by atoms with Crippen molar-refractivity contribution >= 4 is 27.3 Å². The lowest BCUT2D eigenvalue weighted by molar-refractivity contribution is -0.118. The minimum Gasteiger partial charge on any atom is -0.379 e. The lowest BCUT2D eigenvalue weighted by Crippen LogP contribution is -2.41. The molecule has 0 saturated carbocycles. The fraction of sp³-hybridized carbons (Fsp3) is 0.435. The summed E-state index contributed by atoms with van der Waals surface area (Å²) in [7, 11) is -3.75. The van der Waals surface area contributed by atoms with Gasteiger partial charge in [-0.25, -0.2) is 8.42 Å². The third-order valence-electron chi connectivity index (χ3n) is 6.09. The van der Waals surface area contributed by atoms with Crippen LogP contribution in [0.5, 0.6) is 0 Å². The Morgan fingerprint density at radius 2 is 1.35 bits per heavy atom. The number of nitrogens with one attached hydrogen (secondary N) is 2. The minimum atomic E-state index is -3.75. The molecule has 8 heteroatoms. The normalized spacial score (nSPS) is 15.0. The highest BCUT2D eigenvalue weighted by atomic mass is 32.2. The van der Waals surface area contributed by atoms with Crippen molar-refractivity contribution in [2.45, 2.75) is 39.5 Å². The van der Waals surface area contributed by atoms with E-state index in [1.165, 1.54) is 0 Å². The van der Waals surface area contributed by atoms with Crippen molar-refractivity contribution in [1.29, 1.82) is 0 Å². The van der Waals surface area contributed by atoms with Crippen LogP contribution in [0.3, 0.4) is 0 Å². The summed E-state index contributed by atoms with van der Waals surface area (Å²) < 4.78 is 34.3. The molecule has 1 amide bonds. The van der Waals surface area contributed by atoms with Crippen LogP contribution in [-0.2, 0) is 19.6 Å². The molecule has 2 N–H and O–H groups in total. The molecule has 1 aliphatic heterocycles. The number of amides is 1. The summed E-state index contributed by atoms with van der Waals surface area (Å²) in [6.45, 7) is 12.7. The Labute approximate surface area is 184 Å². The molecule has 3 rings (SSSR count). The number of carbonyl (C=O) groups is 1. The second kappa shape index (κ2) is 9.38.